The van der Waals surface area contributed by atoms with Crippen LogP contribution in [0.15, 0.2) is 18.2 Å². The fourth-order valence-electron chi connectivity index (χ4n) is 2.54. The van der Waals surface area contributed by atoms with Gasteiger partial charge in [-0.15, -0.1) is 5.06 Å². The molecule has 7 nitrogen and oxygen atoms in total. The summed E-state index contributed by atoms with van der Waals surface area (Å²) >= 11 is 0. The third kappa shape index (κ3) is 5.09. The number of methoxy groups -OCH3 is 1. The summed E-state index contributed by atoms with van der Waals surface area (Å²) in [5.74, 6) is 0.0833. The lowest BCUT2D eigenvalue weighted by molar-refractivity contribution is -0.205. The van der Waals surface area contributed by atoms with Crippen LogP contribution in [-0.2, 0) is 9.63 Å². The summed E-state index contributed by atoms with van der Waals surface area (Å²) in [5, 5.41) is 4.59. The molecule has 1 heterocycles. The number of nitrogens with zero attached hydrogens (tertiary/aromatic N) is 1. The van der Waals surface area contributed by atoms with Crippen LogP contribution in [0.1, 0.15) is 44.0 Å². The number of hydrogen-bond acceptors (Lipinski definition) is 6. The van der Waals surface area contributed by atoms with Gasteiger partial charge in [-0.05, 0) is 45.7 Å². The zero-order valence-corrected chi connectivity index (χ0v) is 15.3. The minimum absolute atomic E-state index is 0.101. The summed E-state index contributed by atoms with van der Waals surface area (Å²) in [7, 11) is 1.55. The van der Waals surface area contributed by atoms with E-state index < -0.39 is 5.41 Å². The molecule has 3 N–H and O–H groups in total. The fourth-order valence-corrected chi connectivity index (χ4v) is 2.54. The lowest BCUT2D eigenvalue weighted by atomic mass is 9.98. The molecule has 1 aliphatic heterocycles. The smallest absolute Gasteiger partial charge is 0.330 e. The largest absolute Gasteiger partial charge is 0.497 e. The molecular weight excluding hydrogens is 322 g/mol. The number of nitrogen functional groups attached to an aromatic ring is 1. The second-order valence-corrected chi connectivity index (χ2v) is 7.28. The lowest BCUT2D eigenvalue weighted by Crippen LogP contribution is -2.49. The van der Waals surface area contributed by atoms with Crippen molar-refractivity contribution in [2.75, 3.05) is 25.9 Å². The van der Waals surface area contributed by atoms with E-state index in [1.54, 1.807) is 30.4 Å². The lowest BCUT2D eigenvalue weighted by Gasteiger charge is -2.33. The molecule has 0 saturated carbocycles. The molecular formula is C18H27N3O4. The Morgan fingerprint density at radius 3 is 2.64 bits per heavy atom. The minimum atomic E-state index is -0.562. The summed E-state index contributed by atoms with van der Waals surface area (Å²) in [6.45, 7) is 6.56. The summed E-state index contributed by atoms with van der Waals surface area (Å²) in [5.41, 5.74) is 6.13. The van der Waals surface area contributed by atoms with Crippen molar-refractivity contribution in [3.8, 4) is 5.75 Å². The number of carbonyl (C=O) groups is 2. The van der Waals surface area contributed by atoms with E-state index in [-0.39, 0.29) is 17.9 Å². The van der Waals surface area contributed by atoms with Gasteiger partial charge in [-0.2, -0.15) is 0 Å². The third-order valence-electron chi connectivity index (χ3n) is 4.05. The van der Waals surface area contributed by atoms with Crippen molar-refractivity contribution in [2.24, 2.45) is 5.41 Å². The Kier molecular flexibility index (Phi) is 5.89. The van der Waals surface area contributed by atoms with E-state index in [0.717, 1.165) is 12.8 Å². The van der Waals surface area contributed by atoms with E-state index >= 15 is 0 Å². The van der Waals surface area contributed by atoms with Crippen LogP contribution < -0.4 is 15.8 Å². The van der Waals surface area contributed by atoms with E-state index in [1.807, 2.05) is 20.8 Å². The van der Waals surface area contributed by atoms with Gasteiger partial charge in [0, 0.05) is 24.3 Å². The summed E-state index contributed by atoms with van der Waals surface area (Å²) in [4.78, 5) is 29.9. The Hall–Kier alpha value is -2.28. The van der Waals surface area contributed by atoms with Crippen LogP contribution in [-0.4, -0.2) is 43.2 Å². The maximum absolute atomic E-state index is 12.5. The first-order valence-electron chi connectivity index (χ1n) is 8.42. The Balaban J connectivity index is 1.96. The van der Waals surface area contributed by atoms with Gasteiger partial charge in [-0.25, -0.2) is 4.79 Å². The van der Waals surface area contributed by atoms with Gasteiger partial charge in [0.1, 0.15) is 5.75 Å². The molecule has 1 aromatic rings. The molecule has 1 amide bonds. The van der Waals surface area contributed by atoms with Gasteiger partial charge in [-0.1, -0.05) is 0 Å². The molecule has 0 bridgehead atoms. The van der Waals surface area contributed by atoms with E-state index in [4.69, 9.17) is 15.3 Å². The molecule has 1 unspecified atom stereocenters. The Labute approximate surface area is 148 Å². The number of hydroxylamine groups is 2. The monoisotopic (exact) mass is 349 g/mol. The number of carbonyl (C=O) groups excluding carboxylic acids is 2. The molecule has 1 atom stereocenters. The predicted octanol–water partition coefficient (Wildman–Crippen LogP) is 1.98. The van der Waals surface area contributed by atoms with Crippen LogP contribution >= 0.6 is 0 Å². The number of nitrogens with two attached hydrogens (primary N) is 1. The highest BCUT2D eigenvalue weighted by atomic mass is 16.7. The highest BCUT2D eigenvalue weighted by Gasteiger charge is 2.29. The maximum Gasteiger partial charge on any atom is 0.330 e. The SMILES string of the molecule is COc1ccc(C(=O)NC2CCCN(OC(=O)C(C)(C)C)C2)c(N)c1. The topological polar surface area (TPSA) is 93.9 Å². The van der Waals surface area contributed by atoms with Crippen molar-refractivity contribution in [3.63, 3.8) is 0 Å². The average Bonchev–Trinajstić information content (AvgIpc) is 2.54. The van der Waals surface area contributed by atoms with Gasteiger partial charge in [0.2, 0.25) is 0 Å². The zero-order valence-electron chi connectivity index (χ0n) is 15.3. The minimum Gasteiger partial charge on any atom is -0.497 e. The van der Waals surface area contributed by atoms with Crippen molar-refractivity contribution < 1.29 is 19.2 Å². The van der Waals surface area contributed by atoms with Crippen molar-refractivity contribution in [2.45, 2.75) is 39.7 Å². The number of rotatable bonds is 4. The molecule has 7 heteroatoms. The molecule has 138 valence electrons. The first kappa shape index (κ1) is 19.1. The second kappa shape index (κ2) is 7.74. The molecule has 1 saturated heterocycles. The van der Waals surface area contributed by atoms with Crippen molar-refractivity contribution in [1.29, 1.82) is 0 Å². The molecule has 0 aromatic heterocycles. The van der Waals surface area contributed by atoms with Gasteiger partial charge >= 0.3 is 5.97 Å². The summed E-state index contributed by atoms with van der Waals surface area (Å²) in [6, 6.07) is 4.86. The van der Waals surface area contributed by atoms with Crippen molar-refractivity contribution in [3.05, 3.63) is 23.8 Å². The van der Waals surface area contributed by atoms with E-state index in [0.29, 0.717) is 30.1 Å². The van der Waals surface area contributed by atoms with E-state index in [2.05, 4.69) is 5.32 Å². The van der Waals surface area contributed by atoms with Crippen LogP contribution in [0, 0.1) is 5.41 Å². The first-order valence-corrected chi connectivity index (χ1v) is 8.42. The second-order valence-electron chi connectivity index (χ2n) is 7.28. The Morgan fingerprint density at radius 2 is 2.04 bits per heavy atom. The quantitative estimate of drug-likeness (QED) is 0.807. The van der Waals surface area contributed by atoms with Gasteiger partial charge < -0.3 is 20.6 Å². The Morgan fingerprint density at radius 1 is 1.32 bits per heavy atom. The maximum atomic E-state index is 12.5. The highest BCUT2D eigenvalue weighted by molar-refractivity contribution is 5.99. The average molecular weight is 349 g/mol. The van der Waals surface area contributed by atoms with Crippen LogP contribution in [0.25, 0.3) is 0 Å². The first-order chi connectivity index (χ1) is 11.7. The number of anilines is 1. The van der Waals surface area contributed by atoms with Crippen molar-refractivity contribution in [1.82, 2.24) is 10.4 Å². The number of ether oxygens (including phenoxy) is 1. The molecule has 0 radical (unpaired) electrons. The number of amides is 1. The third-order valence-corrected chi connectivity index (χ3v) is 4.05. The molecule has 2 rings (SSSR count). The number of nitrogens with one attached hydrogen (secondary N) is 1. The number of piperidine rings is 1. The molecule has 0 spiro atoms. The highest BCUT2D eigenvalue weighted by Crippen LogP contribution is 2.21. The van der Waals surface area contributed by atoms with E-state index in [9.17, 15) is 9.59 Å². The van der Waals surface area contributed by atoms with Crippen LogP contribution in [0.5, 0.6) is 5.75 Å². The van der Waals surface area contributed by atoms with Crippen LogP contribution in [0.4, 0.5) is 5.69 Å². The number of benzene rings is 1. The van der Waals surface area contributed by atoms with Gasteiger partial charge in [0.15, 0.2) is 0 Å². The molecule has 1 fully saturated rings. The molecule has 0 aliphatic carbocycles. The predicted molar refractivity (Wildman–Crippen MR) is 95.0 cm³/mol. The van der Waals surface area contributed by atoms with Crippen LogP contribution in [0.2, 0.25) is 0 Å². The van der Waals surface area contributed by atoms with Crippen LogP contribution in [0.3, 0.4) is 0 Å². The standard InChI is InChI=1S/C18H27N3O4/c1-18(2,3)17(23)25-21-9-5-6-12(11-21)20-16(22)14-8-7-13(24-4)10-15(14)19/h7-8,10,12H,5-6,9,11,19H2,1-4H3,(H,20,22). The zero-order chi connectivity index (χ0) is 18.6. The van der Waals surface area contributed by atoms with E-state index in [1.165, 1.54) is 0 Å². The summed E-state index contributed by atoms with van der Waals surface area (Å²) in [6.07, 6.45) is 1.66. The fraction of sp³-hybridized carbons (Fsp3) is 0.556. The molecule has 1 aromatic carbocycles. The molecule has 25 heavy (non-hydrogen) atoms. The van der Waals surface area contributed by atoms with Gasteiger partial charge in [-0.3, -0.25) is 4.79 Å². The van der Waals surface area contributed by atoms with Gasteiger partial charge in [0.25, 0.3) is 5.91 Å². The molecule has 1 aliphatic rings. The van der Waals surface area contributed by atoms with Gasteiger partial charge in [0.05, 0.1) is 24.6 Å². The Bertz CT molecular complexity index is 640. The van der Waals surface area contributed by atoms with Crippen molar-refractivity contribution >= 4 is 17.6 Å². The normalized spacial score (nSPS) is 18.5. The number of hydrogen-bond donors (Lipinski definition) is 2. The summed E-state index contributed by atoms with van der Waals surface area (Å²) < 4.78 is 5.09.